The minimum atomic E-state index is -0.781. The van der Waals surface area contributed by atoms with Crippen molar-refractivity contribution >= 4 is 40.3 Å². The highest BCUT2D eigenvalue weighted by Gasteiger charge is 2.68. The Balaban J connectivity index is 1.53. The van der Waals surface area contributed by atoms with Crippen molar-refractivity contribution in [3.05, 3.63) is 84.1 Å². The maximum absolute atomic E-state index is 13.8. The van der Waals surface area contributed by atoms with Gasteiger partial charge in [0, 0.05) is 10.9 Å². The first-order chi connectivity index (χ1) is 15.1. The van der Waals surface area contributed by atoms with Crippen LogP contribution >= 0.6 is 0 Å². The number of fused-ring (bicyclic) bond motifs is 6. The van der Waals surface area contributed by atoms with Crippen LogP contribution in [0.1, 0.15) is 17.2 Å². The van der Waals surface area contributed by atoms with Gasteiger partial charge >= 0.3 is 0 Å². The highest BCUT2D eigenvalue weighted by atomic mass is 16.2. The van der Waals surface area contributed by atoms with E-state index in [0.717, 1.165) is 26.8 Å². The minimum absolute atomic E-state index is 0.261. The largest absolute Gasteiger partial charge is 0.364 e. The fraction of sp³-hybridized carbons (Fsp3) is 0.160. The van der Waals surface area contributed by atoms with Crippen molar-refractivity contribution < 1.29 is 19.3 Å². The zero-order chi connectivity index (χ0) is 21.3. The van der Waals surface area contributed by atoms with Gasteiger partial charge in [0.05, 0.1) is 11.9 Å². The molecule has 6 rings (SSSR count). The molecule has 5 atom stereocenters. The lowest BCUT2D eigenvalue weighted by Crippen LogP contribution is -3.12. The quantitative estimate of drug-likeness (QED) is 0.627. The Kier molecular flexibility index (Phi) is 3.70. The third kappa shape index (κ3) is 2.33. The van der Waals surface area contributed by atoms with Crippen LogP contribution < -0.4 is 15.5 Å². The van der Waals surface area contributed by atoms with Crippen molar-refractivity contribution in [2.45, 2.75) is 12.1 Å². The van der Waals surface area contributed by atoms with Crippen LogP contribution in [0.2, 0.25) is 0 Å². The molecule has 6 nitrogen and oxygen atoms in total. The number of hydrogen-bond donors (Lipinski definition) is 2. The number of rotatable bonds is 2. The fourth-order valence-corrected chi connectivity index (χ4v) is 5.72. The number of nitrogens with zero attached hydrogens (tertiary/aromatic N) is 1. The highest BCUT2D eigenvalue weighted by Crippen LogP contribution is 2.45. The second-order valence-electron chi connectivity index (χ2n) is 8.38. The SMILES string of the molecule is NC(=O)[C@H]1[C@H]2C(=O)N(c3cccc4ccccc34)C(=O)[C@H]2[C@H]2c3ccccc3C=C[NH+]21. The molecule has 0 bridgehead atoms. The van der Waals surface area contributed by atoms with Crippen LogP contribution in [0.5, 0.6) is 0 Å². The monoisotopic (exact) mass is 410 g/mol. The summed E-state index contributed by atoms with van der Waals surface area (Å²) < 4.78 is 0. The lowest BCUT2D eigenvalue weighted by atomic mass is 9.84. The number of nitrogens with one attached hydrogen (secondary N) is 1. The van der Waals surface area contributed by atoms with Crippen molar-refractivity contribution in [3.63, 3.8) is 0 Å². The molecule has 3 aliphatic rings. The smallest absolute Gasteiger partial charge is 0.277 e. The second-order valence-corrected chi connectivity index (χ2v) is 8.38. The molecular formula is C25H20N3O3+. The lowest BCUT2D eigenvalue weighted by molar-refractivity contribution is -0.884. The summed E-state index contributed by atoms with van der Waals surface area (Å²) in [5.74, 6) is -2.58. The van der Waals surface area contributed by atoms with Crippen molar-refractivity contribution in [2.24, 2.45) is 17.6 Å². The van der Waals surface area contributed by atoms with E-state index in [0.29, 0.717) is 5.69 Å². The molecule has 0 aromatic heterocycles. The highest BCUT2D eigenvalue weighted by molar-refractivity contribution is 6.26. The average molecular weight is 410 g/mol. The van der Waals surface area contributed by atoms with E-state index in [9.17, 15) is 14.4 Å². The fourth-order valence-electron chi connectivity index (χ4n) is 5.72. The van der Waals surface area contributed by atoms with Gasteiger partial charge in [0.1, 0.15) is 17.9 Å². The van der Waals surface area contributed by atoms with E-state index in [1.165, 1.54) is 4.90 Å². The van der Waals surface area contributed by atoms with Crippen LogP contribution in [0.4, 0.5) is 5.69 Å². The van der Waals surface area contributed by atoms with Crippen molar-refractivity contribution in [1.82, 2.24) is 0 Å². The molecule has 3 amide bonds. The van der Waals surface area contributed by atoms with Gasteiger partial charge in [-0.3, -0.25) is 19.3 Å². The van der Waals surface area contributed by atoms with E-state index in [1.54, 1.807) is 6.07 Å². The Morgan fingerprint density at radius 2 is 1.58 bits per heavy atom. The molecule has 2 saturated heterocycles. The molecule has 152 valence electrons. The number of hydrogen-bond acceptors (Lipinski definition) is 3. The number of nitrogens with two attached hydrogens (primary N) is 1. The van der Waals surface area contributed by atoms with Gasteiger partial charge in [-0.15, -0.1) is 0 Å². The summed E-state index contributed by atoms with van der Waals surface area (Å²) in [6.07, 6.45) is 3.82. The molecule has 0 radical (unpaired) electrons. The van der Waals surface area contributed by atoms with E-state index in [2.05, 4.69) is 0 Å². The first kappa shape index (κ1) is 18.0. The Morgan fingerprint density at radius 1 is 0.871 bits per heavy atom. The molecule has 3 heterocycles. The van der Waals surface area contributed by atoms with E-state index >= 15 is 0 Å². The minimum Gasteiger partial charge on any atom is -0.364 e. The van der Waals surface area contributed by atoms with Crippen LogP contribution in [0.25, 0.3) is 16.8 Å². The zero-order valence-corrected chi connectivity index (χ0v) is 16.6. The molecule has 0 saturated carbocycles. The summed E-state index contributed by atoms with van der Waals surface area (Å²) in [7, 11) is 0. The number of primary amides is 1. The normalized spacial score (nSPS) is 28.5. The number of carbonyl (C=O) groups is 3. The average Bonchev–Trinajstić information content (AvgIpc) is 3.26. The van der Waals surface area contributed by atoms with E-state index in [1.807, 2.05) is 72.9 Å². The number of amides is 3. The van der Waals surface area contributed by atoms with E-state index < -0.39 is 23.8 Å². The maximum atomic E-state index is 13.8. The summed E-state index contributed by atoms with van der Waals surface area (Å²) in [4.78, 5) is 42.0. The predicted octanol–water partition coefficient (Wildman–Crippen LogP) is 1.42. The summed E-state index contributed by atoms with van der Waals surface area (Å²) >= 11 is 0. The van der Waals surface area contributed by atoms with Gasteiger partial charge in [-0.2, -0.15) is 0 Å². The Hall–Kier alpha value is -3.77. The molecule has 3 aromatic rings. The van der Waals surface area contributed by atoms with Crippen LogP contribution in [-0.2, 0) is 14.4 Å². The Labute approximate surface area is 178 Å². The topological polar surface area (TPSA) is 84.9 Å². The summed E-state index contributed by atoms with van der Waals surface area (Å²) in [6.45, 7) is 0. The first-order valence-electron chi connectivity index (χ1n) is 10.4. The van der Waals surface area contributed by atoms with Gasteiger partial charge in [-0.25, -0.2) is 4.90 Å². The molecular weight excluding hydrogens is 390 g/mol. The first-order valence-corrected chi connectivity index (χ1v) is 10.4. The van der Waals surface area contributed by atoms with Crippen molar-refractivity contribution in [2.75, 3.05) is 4.90 Å². The molecule has 3 N–H and O–H groups in total. The zero-order valence-electron chi connectivity index (χ0n) is 16.6. The molecule has 2 fully saturated rings. The van der Waals surface area contributed by atoms with Gasteiger partial charge in [-0.1, -0.05) is 60.7 Å². The van der Waals surface area contributed by atoms with Gasteiger partial charge in [0.25, 0.3) is 5.91 Å². The third-order valence-electron chi connectivity index (χ3n) is 6.93. The number of anilines is 1. The van der Waals surface area contributed by atoms with Crippen LogP contribution in [-0.4, -0.2) is 23.8 Å². The molecule has 3 aliphatic heterocycles. The Bertz CT molecular complexity index is 1310. The molecule has 0 spiro atoms. The lowest BCUT2D eigenvalue weighted by Gasteiger charge is -2.30. The molecule has 1 unspecified atom stereocenters. The molecule has 3 aromatic carbocycles. The van der Waals surface area contributed by atoms with Crippen LogP contribution in [0.3, 0.4) is 0 Å². The third-order valence-corrected chi connectivity index (χ3v) is 6.93. The number of quaternary nitrogens is 1. The predicted molar refractivity (Wildman–Crippen MR) is 116 cm³/mol. The Morgan fingerprint density at radius 3 is 2.42 bits per heavy atom. The number of imide groups is 1. The maximum Gasteiger partial charge on any atom is 0.277 e. The summed E-state index contributed by atoms with van der Waals surface area (Å²) in [6, 6.07) is 20.0. The van der Waals surface area contributed by atoms with Gasteiger partial charge < -0.3 is 5.73 Å². The van der Waals surface area contributed by atoms with Crippen molar-refractivity contribution in [1.29, 1.82) is 0 Å². The summed E-state index contributed by atoms with van der Waals surface area (Å²) in [5.41, 5.74) is 8.32. The molecule has 0 aliphatic carbocycles. The van der Waals surface area contributed by atoms with Gasteiger partial charge in [-0.05, 0) is 23.1 Å². The van der Waals surface area contributed by atoms with Crippen molar-refractivity contribution in [3.8, 4) is 0 Å². The van der Waals surface area contributed by atoms with E-state index in [-0.39, 0.29) is 17.9 Å². The molecule has 6 heteroatoms. The van der Waals surface area contributed by atoms with Crippen LogP contribution in [0.15, 0.2) is 72.9 Å². The second kappa shape index (κ2) is 6.36. The number of carbonyl (C=O) groups excluding carboxylic acids is 3. The number of benzene rings is 3. The standard InChI is InChI=1S/C25H19N3O3/c26-23(29)22-20-19(21-17-10-4-2-7-15(17)12-13-27(21)22)24(30)28(25(20)31)18-11-5-8-14-6-1-3-9-16(14)18/h1-13,19-22H,(H2,26,29)/p+1/t19-,20+,21-,22-/m1/s1. The molecule has 31 heavy (non-hydrogen) atoms. The van der Waals surface area contributed by atoms with E-state index in [4.69, 9.17) is 5.73 Å². The van der Waals surface area contributed by atoms with Crippen LogP contribution in [0, 0.1) is 11.8 Å². The summed E-state index contributed by atoms with van der Waals surface area (Å²) in [5, 5.41) is 1.78. The van der Waals surface area contributed by atoms with Gasteiger partial charge in [0.15, 0.2) is 6.04 Å². The van der Waals surface area contributed by atoms with Gasteiger partial charge in [0.2, 0.25) is 11.8 Å².